The quantitative estimate of drug-likeness (QED) is 0.780. The lowest BCUT2D eigenvalue weighted by Gasteiger charge is -2.38. The van der Waals surface area contributed by atoms with E-state index in [4.69, 9.17) is 11.6 Å². The van der Waals surface area contributed by atoms with Crippen molar-refractivity contribution >= 4 is 17.6 Å². The average Bonchev–Trinajstić information content (AvgIpc) is 2.67. The molecule has 5 heteroatoms. The second kappa shape index (κ2) is 8.56. The summed E-state index contributed by atoms with van der Waals surface area (Å²) in [4.78, 5) is 14.1. The number of hydrogen-bond acceptors (Lipinski definition) is 2. The van der Waals surface area contributed by atoms with Gasteiger partial charge in [0.1, 0.15) is 0 Å². The smallest absolute Gasteiger partial charge is 0.317 e. The van der Waals surface area contributed by atoms with E-state index < -0.39 is 5.60 Å². The molecule has 0 atom stereocenters. The number of piperidine rings is 1. The first-order valence-electron chi connectivity index (χ1n) is 9.12. The number of aryl methyl sites for hydroxylation is 1. The molecular formula is C21H25ClN2O2. The molecule has 0 unspecified atom stereocenters. The summed E-state index contributed by atoms with van der Waals surface area (Å²) < 4.78 is 0. The predicted molar refractivity (Wildman–Crippen MR) is 104 cm³/mol. The standard InChI is InChI=1S/C21H25ClN2O2/c22-19-10-8-18(9-11-19)21(26)12-15-24(16-13-21)20(25)23-14-4-7-17-5-2-1-3-6-17/h1-3,5-6,8-11,26H,4,7,12-16H2,(H,23,25). The van der Waals surface area contributed by atoms with Crippen molar-refractivity contribution in [1.82, 2.24) is 10.2 Å². The van der Waals surface area contributed by atoms with Crippen LogP contribution in [-0.4, -0.2) is 35.7 Å². The van der Waals surface area contributed by atoms with Crippen LogP contribution in [0.1, 0.15) is 30.4 Å². The molecule has 2 N–H and O–H groups in total. The molecule has 1 aliphatic rings. The summed E-state index contributed by atoms with van der Waals surface area (Å²) in [6.45, 7) is 1.75. The summed E-state index contributed by atoms with van der Waals surface area (Å²) in [6, 6.07) is 17.5. The van der Waals surface area contributed by atoms with Crippen LogP contribution >= 0.6 is 11.6 Å². The summed E-state index contributed by atoms with van der Waals surface area (Å²) in [5.74, 6) is 0. The summed E-state index contributed by atoms with van der Waals surface area (Å²) >= 11 is 5.92. The minimum Gasteiger partial charge on any atom is -0.385 e. The molecule has 0 saturated carbocycles. The first-order chi connectivity index (χ1) is 12.6. The molecule has 26 heavy (non-hydrogen) atoms. The molecule has 0 bridgehead atoms. The van der Waals surface area contributed by atoms with Gasteiger partial charge in [-0.3, -0.25) is 0 Å². The number of nitrogens with zero attached hydrogens (tertiary/aromatic N) is 1. The molecule has 1 saturated heterocycles. The third kappa shape index (κ3) is 4.77. The predicted octanol–water partition coefficient (Wildman–Crippen LogP) is 3.97. The van der Waals surface area contributed by atoms with Crippen molar-refractivity contribution in [1.29, 1.82) is 0 Å². The Balaban J connectivity index is 1.42. The summed E-state index contributed by atoms with van der Waals surface area (Å²) in [6.07, 6.45) is 2.94. The Kier molecular flexibility index (Phi) is 6.17. The number of rotatable bonds is 5. The molecule has 3 rings (SSSR count). The van der Waals surface area contributed by atoms with Gasteiger partial charge in [-0.05, 0) is 48.9 Å². The lowest BCUT2D eigenvalue weighted by molar-refractivity contribution is -0.0167. The van der Waals surface area contributed by atoms with Crippen LogP contribution in [0, 0.1) is 0 Å². The van der Waals surface area contributed by atoms with E-state index in [9.17, 15) is 9.90 Å². The second-order valence-electron chi connectivity index (χ2n) is 6.85. The molecule has 0 spiro atoms. The Bertz CT molecular complexity index is 711. The number of amides is 2. The number of likely N-dealkylation sites (tertiary alicyclic amines) is 1. The summed E-state index contributed by atoms with van der Waals surface area (Å²) in [7, 11) is 0. The van der Waals surface area contributed by atoms with Gasteiger partial charge in [0.05, 0.1) is 5.60 Å². The molecule has 2 amide bonds. The largest absolute Gasteiger partial charge is 0.385 e. The molecule has 138 valence electrons. The molecule has 0 aliphatic carbocycles. The van der Waals surface area contributed by atoms with Crippen LogP contribution in [0.3, 0.4) is 0 Å². The zero-order valence-corrected chi connectivity index (χ0v) is 15.6. The van der Waals surface area contributed by atoms with Crippen LogP contribution in [0.4, 0.5) is 4.79 Å². The monoisotopic (exact) mass is 372 g/mol. The Morgan fingerprint density at radius 2 is 1.73 bits per heavy atom. The molecule has 4 nitrogen and oxygen atoms in total. The number of carbonyl (C=O) groups is 1. The second-order valence-corrected chi connectivity index (χ2v) is 7.28. The normalized spacial score (nSPS) is 16.3. The van der Waals surface area contributed by atoms with E-state index in [0.717, 1.165) is 18.4 Å². The number of hydrogen-bond donors (Lipinski definition) is 2. The summed E-state index contributed by atoms with van der Waals surface area (Å²) in [5.41, 5.74) is 1.27. The number of urea groups is 1. The average molecular weight is 373 g/mol. The van der Waals surface area contributed by atoms with Gasteiger partial charge < -0.3 is 15.3 Å². The fourth-order valence-electron chi connectivity index (χ4n) is 3.37. The van der Waals surface area contributed by atoms with Gasteiger partial charge in [-0.25, -0.2) is 4.79 Å². The lowest BCUT2D eigenvalue weighted by Crippen LogP contribution is -2.49. The number of nitrogens with one attached hydrogen (secondary N) is 1. The highest BCUT2D eigenvalue weighted by Crippen LogP contribution is 2.33. The van der Waals surface area contributed by atoms with Crippen LogP contribution in [-0.2, 0) is 12.0 Å². The van der Waals surface area contributed by atoms with Crippen LogP contribution in [0.2, 0.25) is 5.02 Å². The molecule has 0 aromatic heterocycles. The van der Waals surface area contributed by atoms with E-state index >= 15 is 0 Å². The van der Waals surface area contributed by atoms with E-state index in [0.29, 0.717) is 37.5 Å². The Morgan fingerprint density at radius 3 is 2.38 bits per heavy atom. The van der Waals surface area contributed by atoms with Gasteiger partial charge in [0.25, 0.3) is 0 Å². The molecule has 1 heterocycles. The van der Waals surface area contributed by atoms with E-state index in [2.05, 4.69) is 17.4 Å². The highest BCUT2D eigenvalue weighted by Gasteiger charge is 2.35. The number of carbonyl (C=O) groups excluding carboxylic acids is 1. The third-order valence-corrected chi connectivity index (χ3v) is 5.27. The molecule has 2 aromatic carbocycles. The van der Waals surface area contributed by atoms with Crippen molar-refractivity contribution in [2.45, 2.75) is 31.3 Å². The van der Waals surface area contributed by atoms with Crippen LogP contribution in [0.15, 0.2) is 54.6 Å². The minimum absolute atomic E-state index is 0.0452. The fraction of sp³-hybridized carbons (Fsp3) is 0.381. The van der Waals surface area contributed by atoms with Gasteiger partial charge in [0.2, 0.25) is 0 Å². The Hall–Kier alpha value is -2.04. The van der Waals surface area contributed by atoms with Gasteiger partial charge >= 0.3 is 6.03 Å². The van der Waals surface area contributed by atoms with Gasteiger partial charge in [0, 0.05) is 24.7 Å². The van der Waals surface area contributed by atoms with Crippen molar-refractivity contribution in [2.24, 2.45) is 0 Å². The van der Waals surface area contributed by atoms with Gasteiger partial charge in [-0.15, -0.1) is 0 Å². The first kappa shape index (κ1) is 18.7. The van der Waals surface area contributed by atoms with Gasteiger partial charge in [-0.2, -0.15) is 0 Å². The number of halogens is 1. The maximum absolute atomic E-state index is 12.3. The van der Waals surface area contributed by atoms with Crippen molar-refractivity contribution in [3.8, 4) is 0 Å². The zero-order valence-electron chi connectivity index (χ0n) is 14.8. The Labute approximate surface area is 159 Å². The SMILES string of the molecule is O=C(NCCCc1ccccc1)N1CCC(O)(c2ccc(Cl)cc2)CC1. The first-order valence-corrected chi connectivity index (χ1v) is 9.50. The highest BCUT2D eigenvalue weighted by molar-refractivity contribution is 6.30. The topological polar surface area (TPSA) is 52.6 Å². The van der Waals surface area contributed by atoms with Crippen molar-refractivity contribution in [3.63, 3.8) is 0 Å². The van der Waals surface area contributed by atoms with Crippen molar-refractivity contribution < 1.29 is 9.90 Å². The molecule has 2 aromatic rings. The molecular weight excluding hydrogens is 348 g/mol. The van der Waals surface area contributed by atoms with E-state index in [1.807, 2.05) is 30.3 Å². The maximum Gasteiger partial charge on any atom is 0.317 e. The maximum atomic E-state index is 12.3. The number of benzene rings is 2. The fourth-order valence-corrected chi connectivity index (χ4v) is 3.50. The Morgan fingerprint density at radius 1 is 1.08 bits per heavy atom. The van der Waals surface area contributed by atoms with Crippen LogP contribution in [0.5, 0.6) is 0 Å². The van der Waals surface area contributed by atoms with Crippen molar-refractivity contribution in [2.75, 3.05) is 19.6 Å². The minimum atomic E-state index is -0.880. The zero-order chi connectivity index (χ0) is 18.4. The van der Waals surface area contributed by atoms with Crippen molar-refractivity contribution in [3.05, 3.63) is 70.7 Å². The summed E-state index contributed by atoms with van der Waals surface area (Å²) in [5, 5.41) is 14.5. The van der Waals surface area contributed by atoms with E-state index in [-0.39, 0.29) is 6.03 Å². The van der Waals surface area contributed by atoms with Gasteiger partial charge in [-0.1, -0.05) is 54.1 Å². The third-order valence-electron chi connectivity index (χ3n) is 5.02. The molecule has 1 aliphatic heterocycles. The van der Waals surface area contributed by atoms with E-state index in [1.54, 1.807) is 17.0 Å². The van der Waals surface area contributed by atoms with Crippen LogP contribution < -0.4 is 5.32 Å². The number of aliphatic hydroxyl groups is 1. The highest BCUT2D eigenvalue weighted by atomic mass is 35.5. The van der Waals surface area contributed by atoms with Gasteiger partial charge in [0.15, 0.2) is 0 Å². The molecule has 0 radical (unpaired) electrons. The van der Waals surface area contributed by atoms with Crippen LogP contribution in [0.25, 0.3) is 0 Å². The lowest BCUT2D eigenvalue weighted by atomic mass is 9.84. The van der Waals surface area contributed by atoms with E-state index in [1.165, 1.54) is 5.56 Å². The molecule has 1 fully saturated rings.